The third kappa shape index (κ3) is 5.30. The van der Waals surface area contributed by atoms with Crippen molar-refractivity contribution in [3.63, 3.8) is 0 Å². The lowest BCUT2D eigenvalue weighted by Gasteiger charge is -2.23. The minimum atomic E-state index is -0.0398. The van der Waals surface area contributed by atoms with Gasteiger partial charge in [-0.2, -0.15) is 0 Å². The van der Waals surface area contributed by atoms with Gasteiger partial charge in [0, 0.05) is 39.0 Å². The molecular formula is C21H32N4O2. The number of amides is 2. The second-order valence-electron chi connectivity index (χ2n) is 8.06. The molecule has 2 heterocycles. The van der Waals surface area contributed by atoms with Crippen molar-refractivity contribution in [3.8, 4) is 0 Å². The van der Waals surface area contributed by atoms with E-state index in [2.05, 4.69) is 53.4 Å². The molecular weight excluding hydrogens is 340 g/mol. The Labute approximate surface area is 162 Å². The van der Waals surface area contributed by atoms with Gasteiger partial charge in [0.1, 0.15) is 0 Å². The van der Waals surface area contributed by atoms with E-state index >= 15 is 0 Å². The smallest absolute Gasteiger partial charge is 0.236 e. The number of carbonyl (C=O) groups is 2. The number of aryl methyl sites for hydroxylation is 1. The average Bonchev–Trinajstić information content (AvgIpc) is 2.92. The van der Waals surface area contributed by atoms with Gasteiger partial charge in [-0.15, -0.1) is 0 Å². The monoisotopic (exact) mass is 372 g/mol. The average molecular weight is 373 g/mol. The Morgan fingerprint density at radius 2 is 1.81 bits per heavy atom. The van der Waals surface area contributed by atoms with E-state index in [-0.39, 0.29) is 23.8 Å². The lowest BCUT2D eigenvalue weighted by Crippen LogP contribution is -2.42. The van der Waals surface area contributed by atoms with Crippen molar-refractivity contribution in [1.82, 2.24) is 20.0 Å². The predicted molar refractivity (Wildman–Crippen MR) is 107 cm³/mol. The summed E-state index contributed by atoms with van der Waals surface area (Å²) in [6.45, 7) is 9.35. The molecule has 1 aromatic carbocycles. The van der Waals surface area contributed by atoms with E-state index in [1.165, 1.54) is 11.1 Å². The fourth-order valence-electron chi connectivity index (χ4n) is 4.12. The molecule has 148 valence electrons. The maximum Gasteiger partial charge on any atom is 0.236 e. The number of likely N-dealkylation sites (tertiary alicyclic amines) is 1. The molecule has 1 N–H and O–H groups in total. The van der Waals surface area contributed by atoms with Crippen molar-refractivity contribution in [1.29, 1.82) is 0 Å². The summed E-state index contributed by atoms with van der Waals surface area (Å²) in [6.07, 6.45) is 1.10. The minimum absolute atomic E-state index is 0.0237. The molecule has 0 aromatic heterocycles. The maximum absolute atomic E-state index is 12.9. The molecule has 0 saturated carbocycles. The number of hydrogen-bond donors (Lipinski definition) is 1. The van der Waals surface area contributed by atoms with E-state index in [4.69, 9.17) is 0 Å². The quantitative estimate of drug-likeness (QED) is 0.859. The molecule has 0 radical (unpaired) electrons. The van der Waals surface area contributed by atoms with Crippen LogP contribution in [0.4, 0.5) is 0 Å². The number of likely N-dealkylation sites (N-methyl/N-ethyl adjacent to an activating group) is 1. The zero-order valence-corrected chi connectivity index (χ0v) is 16.8. The van der Waals surface area contributed by atoms with Gasteiger partial charge in [0.05, 0.1) is 12.6 Å². The topological polar surface area (TPSA) is 55.9 Å². The number of nitrogens with zero attached hydrogens (tertiary/aromatic N) is 3. The Bertz CT molecular complexity index is 661. The Morgan fingerprint density at radius 1 is 1.07 bits per heavy atom. The van der Waals surface area contributed by atoms with Crippen molar-refractivity contribution in [2.24, 2.45) is 0 Å². The second kappa shape index (κ2) is 8.85. The molecule has 0 bridgehead atoms. The highest BCUT2D eigenvalue weighted by Gasteiger charge is 2.37. The Balaban J connectivity index is 1.66. The van der Waals surface area contributed by atoms with Crippen LogP contribution in [0.5, 0.6) is 0 Å². The van der Waals surface area contributed by atoms with Crippen LogP contribution in [0, 0.1) is 6.92 Å². The van der Waals surface area contributed by atoms with Gasteiger partial charge in [-0.1, -0.05) is 29.8 Å². The molecule has 1 aromatic rings. The molecule has 27 heavy (non-hydrogen) atoms. The first kappa shape index (κ1) is 19.8. The first-order chi connectivity index (χ1) is 12.9. The zero-order valence-electron chi connectivity index (χ0n) is 16.8. The van der Waals surface area contributed by atoms with Crippen molar-refractivity contribution >= 4 is 11.8 Å². The minimum Gasteiger partial charge on any atom is -0.351 e. The van der Waals surface area contributed by atoms with Crippen LogP contribution in [0.2, 0.25) is 0 Å². The van der Waals surface area contributed by atoms with Crippen molar-refractivity contribution < 1.29 is 9.59 Å². The van der Waals surface area contributed by atoms with Crippen LogP contribution in [-0.2, 0) is 9.59 Å². The molecule has 2 aliphatic heterocycles. The molecule has 0 spiro atoms. The van der Waals surface area contributed by atoms with Crippen LogP contribution in [0.1, 0.15) is 30.4 Å². The Hall–Kier alpha value is -1.92. The van der Waals surface area contributed by atoms with E-state index < -0.39 is 0 Å². The fraction of sp³-hybridized carbons (Fsp3) is 0.619. The molecule has 0 aliphatic carbocycles. The van der Waals surface area contributed by atoms with Crippen LogP contribution in [-0.4, -0.2) is 85.4 Å². The normalized spacial score (nSPS) is 24.6. The number of carbonyl (C=O) groups excluding carboxylic acids is 2. The third-order valence-corrected chi connectivity index (χ3v) is 5.74. The summed E-state index contributed by atoms with van der Waals surface area (Å²) in [5.41, 5.74) is 2.40. The van der Waals surface area contributed by atoms with E-state index in [0.717, 1.165) is 32.6 Å². The Kier molecular flexibility index (Phi) is 6.50. The molecule has 2 atom stereocenters. The van der Waals surface area contributed by atoms with Crippen LogP contribution >= 0.6 is 0 Å². The molecule has 6 nitrogen and oxygen atoms in total. The van der Waals surface area contributed by atoms with Crippen LogP contribution in [0.15, 0.2) is 24.3 Å². The SMILES string of the molecule is CC(=O)N[C@@H]1CN(C(=O)CN2CCCN(C)CC2)C[C@H]1c1ccc(C)cc1. The summed E-state index contributed by atoms with van der Waals surface area (Å²) in [4.78, 5) is 31.1. The number of rotatable bonds is 4. The molecule has 3 rings (SSSR count). The second-order valence-corrected chi connectivity index (χ2v) is 8.06. The number of benzene rings is 1. The number of hydrogen-bond acceptors (Lipinski definition) is 4. The summed E-state index contributed by atoms with van der Waals surface area (Å²) < 4.78 is 0. The van der Waals surface area contributed by atoms with Crippen LogP contribution < -0.4 is 5.32 Å². The third-order valence-electron chi connectivity index (χ3n) is 5.74. The molecule has 0 unspecified atom stereocenters. The first-order valence-corrected chi connectivity index (χ1v) is 9.94. The summed E-state index contributed by atoms with van der Waals surface area (Å²) in [7, 11) is 2.13. The van der Waals surface area contributed by atoms with Gasteiger partial charge in [-0.25, -0.2) is 0 Å². The highest BCUT2D eigenvalue weighted by Crippen LogP contribution is 2.28. The lowest BCUT2D eigenvalue weighted by atomic mass is 9.93. The standard InChI is InChI=1S/C21H32N4O2/c1-16-5-7-18(8-6-16)19-13-25(14-20(19)22-17(2)26)21(27)15-24-10-4-9-23(3)11-12-24/h5-8,19-20H,4,9-15H2,1-3H3,(H,22,26)/t19-,20+/m0/s1. The predicted octanol–water partition coefficient (Wildman–Crippen LogP) is 1.06. The lowest BCUT2D eigenvalue weighted by molar-refractivity contribution is -0.131. The molecule has 2 saturated heterocycles. The molecule has 2 amide bonds. The molecule has 2 fully saturated rings. The fourth-order valence-corrected chi connectivity index (χ4v) is 4.12. The van der Waals surface area contributed by atoms with Crippen molar-refractivity contribution in [2.75, 3.05) is 52.9 Å². The highest BCUT2D eigenvalue weighted by atomic mass is 16.2. The van der Waals surface area contributed by atoms with Gasteiger partial charge < -0.3 is 15.1 Å². The summed E-state index contributed by atoms with van der Waals surface area (Å²) in [5.74, 6) is 0.278. The largest absolute Gasteiger partial charge is 0.351 e. The van der Waals surface area contributed by atoms with Gasteiger partial charge in [0.2, 0.25) is 11.8 Å². The summed E-state index contributed by atoms with van der Waals surface area (Å²) in [5, 5.41) is 3.06. The van der Waals surface area contributed by atoms with Crippen LogP contribution in [0.25, 0.3) is 0 Å². The van der Waals surface area contributed by atoms with Crippen LogP contribution in [0.3, 0.4) is 0 Å². The van der Waals surface area contributed by atoms with E-state index in [1.54, 1.807) is 6.92 Å². The van der Waals surface area contributed by atoms with E-state index in [1.807, 2.05) is 4.90 Å². The van der Waals surface area contributed by atoms with Gasteiger partial charge in [-0.3, -0.25) is 14.5 Å². The van der Waals surface area contributed by atoms with Crippen molar-refractivity contribution in [2.45, 2.75) is 32.2 Å². The molecule has 6 heteroatoms. The Morgan fingerprint density at radius 3 is 2.52 bits per heavy atom. The van der Waals surface area contributed by atoms with Gasteiger partial charge >= 0.3 is 0 Å². The van der Waals surface area contributed by atoms with Gasteiger partial charge in [-0.05, 0) is 39.0 Å². The summed E-state index contributed by atoms with van der Waals surface area (Å²) >= 11 is 0. The van der Waals surface area contributed by atoms with Gasteiger partial charge in [0.15, 0.2) is 0 Å². The van der Waals surface area contributed by atoms with Gasteiger partial charge in [0.25, 0.3) is 0 Å². The zero-order chi connectivity index (χ0) is 19.4. The molecule has 2 aliphatic rings. The van der Waals surface area contributed by atoms with Crippen molar-refractivity contribution in [3.05, 3.63) is 35.4 Å². The van der Waals surface area contributed by atoms with E-state index in [0.29, 0.717) is 19.6 Å². The van der Waals surface area contributed by atoms with E-state index in [9.17, 15) is 9.59 Å². The maximum atomic E-state index is 12.9. The number of nitrogens with one attached hydrogen (secondary N) is 1. The summed E-state index contributed by atoms with van der Waals surface area (Å²) in [6, 6.07) is 8.40. The first-order valence-electron chi connectivity index (χ1n) is 9.94. The highest BCUT2D eigenvalue weighted by molar-refractivity contribution is 5.79.